The zero-order chi connectivity index (χ0) is 11.4. The number of carbonyl (C=O) groups is 1. The highest BCUT2D eigenvalue weighted by molar-refractivity contribution is 7.99. The zero-order valence-corrected chi connectivity index (χ0v) is 10.6. The third-order valence-electron chi connectivity index (χ3n) is 3.59. The van der Waals surface area contributed by atoms with Gasteiger partial charge in [0.25, 0.3) is 0 Å². The van der Waals surface area contributed by atoms with Crippen LogP contribution in [-0.4, -0.2) is 29.5 Å². The molecule has 0 bridgehead atoms. The summed E-state index contributed by atoms with van der Waals surface area (Å²) in [7, 11) is 0. The highest BCUT2D eigenvalue weighted by Crippen LogP contribution is 2.24. The number of rotatable bonds is 2. The van der Waals surface area contributed by atoms with E-state index in [4.69, 9.17) is 5.73 Å². The summed E-state index contributed by atoms with van der Waals surface area (Å²) in [5, 5.41) is 3.19. The quantitative estimate of drug-likeness (QED) is 0.772. The summed E-state index contributed by atoms with van der Waals surface area (Å²) in [5.41, 5.74) is 5.91. The predicted molar refractivity (Wildman–Crippen MR) is 68.4 cm³/mol. The van der Waals surface area contributed by atoms with Gasteiger partial charge in [-0.3, -0.25) is 4.79 Å². The van der Waals surface area contributed by atoms with E-state index in [1.165, 1.54) is 12.2 Å². The van der Waals surface area contributed by atoms with Gasteiger partial charge in [-0.15, -0.1) is 0 Å². The first-order chi connectivity index (χ1) is 7.75. The Bertz CT molecular complexity index is 241. The van der Waals surface area contributed by atoms with Crippen molar-refractivity contribution >= 4 is 17.7 Å². The van der Waals surface area contributed by atoms with E-state index >= 15 is 0 Å². The molecular formula is C12H22N2OS. The van der Waals surface area contributed by atoms with Crippen LogP contribution in [0.5, 0.6) is 0 Å². The maximum atomic E-state index is 12.0. The average Bonchev–Trinajstić information content (AvgIpc) is 2.30. The summed E-state index contributed by atoms with van der Waals surface area (Å²) in [5.74, 6) is 2.77. The Balaban J connectivity index is 1.77. The van der Waals surface area contributed by atoms with Crippen molar-refractivity contribution < 1.29 is 4.79 Å². The number of thioether (sulfide) groups is 1. The second-order valence-corrected chi connectivity index (χ2v) is 6.20. The maximum absolute atomic E-state index is 12.0. The standard InChI is InChI=1S/C12H22N2OS/c13-10-4-1-3-9(7-10)12(15)14-11-5-2-6-16-8-11/h9-11H,1-8,13H2,(H,14,15). The molecule has 2 rings (SSSR count). The van der Waals surface area contributed by atoms with Crippen LogP contribution in [0.2, 0.25) is 0 Å². The van der Waals surface area contributed by atoms with Crippen molar-refractivity contribution in [2.75, 3.05) is 11.5 Å². The molecule has 1 saturated heterocycles. The number of nitrogens with two attached hydrogens (primary N) is 1. The SMILES string of the molecule is NC1CCCC(C(=O)NC2CCCSC2)C1. The van der Waals surface area contributed by atoms with E-state index < -0.39 is 0 Å². The van der Waals surface area contributed by atoms with Crippen molar-refractivity contribution in [2.45, 2.75) is 50.6 Å². The van der Waals surface area contributed by atoms with Gasteiger partial charge in [-0.25, -0.2) is 0 Å². The third-order valence-corrected chi connectivity index (χ3v) is 4.81. The minimum Gasteiger partial charge on any atom is -0.352 e. The molecule has 1 saturated carbocycles. The number of hydrogen-bond acceptors (Lipinski definition) is 3. The van der Waals surface area contributed by atoms with Crippen LogP contribution in [0.3, 0.4) is 0 Å². The molecule has 0 aromatic rings. The average molecular weight is 242 g/mol. The molecule has 3 unspecified atom stereocenters. The van der Waals surface area contributed by atoms with E-state index in [2.05, 4.69) is 5.32 Å². The number of carbonyl (C=O) groups excluding carboxylic acids is 1. The lowest BCUT2D eigenvalue weighted by Gasteiger charge is -2.29. The van der Waals surface area contributed by atoms with E-state index in [9.17, 15) is 4.79 Å². The fraction of sp³-hybridized carbons (Fsp3) is 0.917. The Labute approximate surface area is 102 Å². The van der Waals surface area contributed by atoms with E-state index in [0.29, 0.717) is 6.04 Å². The lowest BCUT2D eigenvalue weighted by molar-refractivity contribution is -0.126. The molecule has 1 aliphatic heterocycles. The highest BCUT2D eigenvalue weighted by atomic mass is 32.2. The third kappa shape index (κ3) is 3.39. The van der Waals surface area contributed by atoms with Gasteiger partial charge in [-0.2, -0.15) is 11.8 Å². The van der Waals surface area contributed by atoms with Gasteiger partial charge < -0.3 is 11.1 Å². The van der Waals surface area contributed by atoms with Crippen molar-refractivity contribution in [3.05, 3.63) is 0 Å². The lowest BCUT2D eigenvalue weighted by atomic mass is 9.85. The Morgan fingerprint density at radius 1 is 1.25 bits per heavy atom. The first kappa shape index (κ1) is 12.2. The monoisotopic (exact) mass is 242 g/mol. The number of amides is 1. The Kier molecular flexibility index (Phi) is 4.53. The predicted octanol–water partition coefficient (Wildman–Crippen LogP) is 1.52. The van der Waals surface area contributed by atoms with Crippen LogP contribution in [-0.2, 0) is 4.79 Å². The molecule has 1 heterocycles. The first-order valence-electron chi connectivity index (χ1n) is 6.39. The smallest absolute Gasteiger partial charge is 0.223 e. The van der Waals surface area contributed by atoms with Crippen LogP contribution < -0.4 is 11.1 Å². The number of hydrogen-bond donors (Lipinski definition) is 2. The largest absolute Gasteiger partial charge is 0.352 e. The van der Waals surface area contributed by atoms with Crippen molar-refractivity contribution in [2.24, 2.45) is 11.7 Å². The topological polar surface area (TPSA) is 55.1 Å². The molecule has 16 heavy (non-hydrogen) atoms. The van der Waals surface area contributed by atoms with Crippen LogP contribution in [0.15, 0.2) is 0 Å². The molecule has 3 atom stereocenters. The van der Waals surface area contributed by atoms with Gasteiger partial charge in [-0.1, -0.05) is 6.42 Å². The minimum absolute atomic E-state index is 0.177. The van der Waals surface area contributed by atoms with Crippen LogP contribution in [0, 0.1) is 5.92 Å². The molecule has 0 spiro atoms. The summed E-state index contributed by atoms with van der Waals surface area (Å²) in [6.07, 6.45) is 6.49. The van der Waals surface area contributed by atoms with Crippen LogP contribution in [0.25, 0.3) is 0 Å². The molecule has 92 valence electrons. The van der Waals surface area contributed by atoms with Crippen molar-refractivity contribution in [1.29, 1.82) is 0 Å². The second kappa shape index (κ2) is 5.92. The summed E-state index contributed by atoms with van der Waals surface area (Å²) >= 11 is 1.95. The molecule has 1 amide bonds. The second-order valence-electron chi connectivity index (χ2n) is 5.05. The molecule has 0 aromatic carbocycles. The van der Waals surface area contributed by atoms with E-state index in [1.807, 2.05) is 11.8 Å². The molecule has 2 fully saturated rings. The van der Waals surface area contributed by atoms with E-state index in [0.717, 1.165) is 37.9 Å². The molecular weight excluding hydrogens is 220 g/mol. The molecule has 2 aliphatic rings. The van der Waals surface area contributed by atoms with Gasteiger partial charge in [0.05, 0.1) is 0 Å². The molecule has 3 nitrogen and oxygen atoms in total. The van der Waals surface area contributed by atoms with Crippen LogP contribution in [0.4, 0.5) is 0 Å². The van der Waals surface area contributed by atoms with Gasteiger partial charge in [0.2, 0.25) is 5.91 Å². The van der Waals surface area contributed by atoms with Crippen LogP contribution >= 0.6 is 11.8 Å². The first-order valence-corrected chi connectivity index (χ1v) is 7.55. The summed E-state index contributed by atoms with van der Waals surface area (Å²) in [4.78, 5) is 12.0. The van der Waals surface area contributed by atoms with Crippen molar-refractivity contribution in [1.82, 2.24) is 5.32 Å². The maximum Gasteiger partial charge on any atom is 0.223 e. The summed E-state index contributed by atoms with van der Waals surface area (Å²) in [6.45, 7) is 0. The normalized spacial score (nSPS) is 35.7. The molecule has 4 heteroatoms. The van der Waals surface area contributed by atoms with Gasteiger partial charge >= 0.3 is 0 Å². The van der Waals surface area contributed by atoms with Crippen LogP contribution in [0.1, 0.15) is 38.5 Å². The van der Waals surface area contributed by atoms with Gasteiger partial charge in [0.1, 0.15) is 0 Å². The van der Waals surface area contributed by atoms with E-state index in [1.54, 1.807) is 0 Å². The Morgan fingerprint density at radius 3 is 2.81 bits per heavy atom. The zero-order valence-electron chi connectivity index (χ0n) is 9.78. The fourth-order valence-electron chi connectivity index (χ4n) is 2.64. The highest BCUT2D eigenvalue weighted by Gasteiger charge is 2.27. The molecule has 0 radical (unpaired) electrons. The summed E-state index contributed by atoms with van der Waals surface area (Å²) < 4.78 is 0. The summed E-state index contributed by atoms with van der Waals surface area (Å²) in [6, 6.07) is 0.648. The molecule has 0 aromatic heterocycles. The van der Waals surface area contributed by atoms with Gasteiger partial charge in [-0.05, 0) is 37.9 Å². The van der Waals surface area contributed by atoms with Crippen molar-refractivity contribution in [3.8, 4) is 0 Å². The number of nitrogens with one attached hydrogen (secondary N) is 1. The lowest BCUT2D eigenvalue weighted by Crippen LogP contribution is -2.44. The Hall–Kier alpha value is -0.220. The van der Waals surface area contributed by atoms with Gasteiger partial charge in [0.15, 0.2) is 0 Å². The fourth-order valence-corrected chi connectivity index (χ4v) is 3.71. The Morgan fingerprint density at radius 2 is 2.12 bits per heavy atom. The molecule has 1 aliphatic carbocycles. The molecule has 3 N–H and O–H groups in total. The van der Waals surface area contributed by atoms with Gasteiger partial charge in [0, 0.05) is 23.8 Å². The van der Waals surface area contributed by atoms with E-state index in [-0.39, 0.29) is 17.9 Å². The van der Waals surface area contributed by atoms with Crippen molar-refractivity contribution in [3.63, 3.8) is 0 Å². The minimum atomic E-state index is 0.177.